The van der Waals surface area contributed by atoms with Crippen molar-refractivity contribution in [1.29, 1.82) is 0 Å². The number of thiophene rings is 1. The summed E-state index contributed by atoms with van der Waals surface area (Å²) >= 11 is 1.50. The second kappa shape index (κ2) is 4.77. The largest absolute Gasteiger partial charge is 0.508 e. The highest BCUT2D eigenvalue weighted by molar-refractivity contribution is 7.08. The molecule has 1 heterocycles. The molecule has 0 unspecified atom stereocenters. The number of phenolic OH excluding ortho intramolecular Hbond substituents is 1. The molecule has 0 saturated heterocycles. The third-order valence-electron chi connectivity index (χ3n) is 2.10. The lowest BCUT2D eigenvalue weighted by atomic mass is 10.1. The van der Waals surface area contributed by atoms with Gasteiger partial charge in [-0.15, -0.1) is 0 Å². The van der Waals surface area contributed by atoms with Gasteiger partial charge in [0.1, 0.15) is 5.75 Å². The zero-order chi connectivity index (χ0) is 11.4. The standard InChI is InChI=1S/C13H10O2S/c14-12-3-1-2-10(8-12)4-5-13(15)11-6-7-16-9-11/h1-9,14H/b5-4-. The summed E-state index contributed by atoms with van der Waals surface area (Å²) in [6.07, 6.45) is 3.20. The molecular formula is C13H10O2S. The van der Waals surface area contributed by atoms with Crippen LogP contribution in [0.5, 0.6) is 5.75 Å². The van der Waals surface area contributed by atoms with E-state index in [0.717, 1.165) is 5.56 Å². The molecule has 0 bridgehead atoms. The van der Waals surface area contributed by atoms with Crippen LogP contribution in [0.1, 0.15) is 15.9 Å². The maximum atomic E-state index is 11.6. The minimum Gasteiger partial charge on any atom is -0.508 e. The van der Waals surface area contributed by atoms with E-state index in [0.29, 0.717) is 5.56 Å². The van der Waals surface area contributed by atoms with Crippen molar-refractivity contribution in [2.45, 2.75) is 0 Å². The number of hydrogen-bond acceptors (Lipinski definition) is 3. The smallest absolute Gasteiger partial charge is 0.186 e. The van der Waals surface area contributed by atoms with Gasteiger partial charge in [-0.25, -0.2) is 0 Å². The summed E-state index contributed by atoms with van der Waals surface area (Å²) in [4.78, 5) is 11.6. The molecule has 0 amide bonds. The molecule has 1 aromatic heterocycles. The summed E-state index contributed by atoms with van der Waals surface area (Å²) in [6, 6.07) is 8.57. The second-order valence-corrected chi connectivity index (χ2v) is 4.08. The van der Waals surface area contributed by atoms with Gasteiger partial charge in [-0.05, 0) is 35.2 Å². The lowest BCUT2D eigenvalue weighted by Gasteiger charge is -1.94. The van der Waals surface area contributed by atoms with Crippen molar-refractivity contribution < 1.29 is 9.90 Å². The van der Waals surface area contributed by atoms with Crippen LogP contribution in [-0.2, 0) is 0 Å². The van der Waals surface area contributed by atoms with Gasteiger partial charge in [-0.1, -0.05) is 18.2 Å². The Bertz CT molecular complexity index is 512. The monoisotopic (exact) mass is 230 g/mol. The SMILES string of the molecule is O=C(/C=C\c1cccc(O)c1)c1ccsc1. The first-order valence-electron chi connectivity index (χ1n) is 4.79. The molecule has 0 radical (unpaired) electrons. The number of aromatic hydroxyl groups is 1. The Morgan fingerprint density at radius 1 is 1.31 bits per heavy atom. The van der Waals surface area contributed by atoms with E-state index in [1.54, 1.807) is 30.3 Å². The van der Waals surface area contributed by atoms with Crippen LogP contribution in [0.25, 0.3) is 6.08 Å². The van der Waals surface area contributed by atoms with E-state index in [1.807, 2.05) is 16.8 Å². The number of phenols is 1. The molecule has 0 atom stereocenters. The molecule has 80 valence electrons. The number of ketones is 1. The molecule has 0 fully saturated rings. The lowest BCUT2D eigenvalue weighted by molar-refractivity contribution is 0.104. The highest BCUT2D eigenvalue weighted by Crippen LogP contribution is 2.13. The maximum absolute atomic E-state index is 11.6. The molecule has 16 heavy (non-hydrogen) atoms. The van der Waals surface area contributed by atoms with E-state index in [1.165, 1.54) is 17.4 Å². The molecule has 0 aliphatic carbocycles. The first-order chi connectivity index (χ1) is 7.75. The number of carbonyl (C=O) groups excluding carboxylic acids is 1. The van der Waals surface area contributed by atoms with Gasteiger partial charge in [0.25, 0.3) is 0 Å². The fourth-order valence-corrected chi connectivity index (χ4v) is 1.95. The van der Waals surface area contributed by atoms with Crippen LogP contribution in [-0.4, -0.2) is 10.9 Å². The topological polar surface area (TPSA) is 37.3 Å². The first kappa shape index (κ1) is 10.6. The highest BCUT2D eigenvalue weighted by atomic mass is 32.1. The number of allylic oxidation sites excluding steroid dienone is 1. The molecule has 2 nitrogen and oxygen atoms in total. The minimum atomic E-state index is -0.0235. The van der Waals surface area contributed by atoms with Crippen molar-refractivity contribution in [1.82, 2.24) is 0 Å². The Balaban J connectivity index is 2.13. The summed E-state index contributed by atoms with van der Waals surface area (Å²) in [5.41, 5.74) is 1.50. The third-order valence-corrected chi connectivity index (χ3v) is 2.79. The zero-order valence-corrected chi connectivity index (χ0v) is 9.28. The van der Waals surface area contributed by atoms with Crippen LogP contribution in [0, 0.1) is 0 Å². The Hall–Kier alpha value is -1.87. The minimum absolute atomic E-state index is 0.0235. The van der Waals surface area contributed by atoms with Crippen LogP contribution >= 0.6 is 11.3 Å². The Morgan fingerprint density at radius 2 is 2.19 bits per heavy atom. The van der Waals surface area contributed by atoms with Gasteiger partial charge in [0.2, 0.25) is 0 Å². The summed E-state index contributed by atoms with van der Waals surface area (Å²) < 4.78 is 0. The molecule has 0 spiro atoms. The summed E-state index contributed by atoms with van der Waals surface area (Å²) in [5, 5.41) is 12.9. The summed E-state index contributed by atoms with van der Waals surface area (Å²) in [6.45, 7) is 0. The van der Waals surface area contributed by atoms with E-state index in [-0.39, 0.29) is 11.5 Å². The lowest BCUT2D eigenvalue weighted by Crippen LogP contribution is -1.89. The van der Waals surface area contributed by atoms with Crippen molar-refractivity contribution in [2.75, 3.05) is 0 Å². The fourth-order valence-electron chi connectivity index (χ4n) is 1.30. The summed E-state index contributed by atoms with van der Waals surface area (Å²) in [5.74, 6) is 0.176. The maximum Gasteiger partial charge on any atom is 0.186 e. The molecule has 0 aliphatic rings. The van der Waals surface area contributed by atoms with E-state index in [2.05, 4.69) is 0 Å². The number of hydrogen-bond donors (Lipinski definition) is 1. The average Bonchev–Trinajstić information content (AvgIpc) is 2.79. The predicted molar refractivity (Wildman–Crippen MR) is 65.8 cm³/mol. The average molecular weight is 230 g/mol. The molecule has 0 aliphatic heterocycles. The Morgan fingerprint density at radius 3 is 2.88 bits per heavy atom. The van der Waals surface area contributed by atoms with Crippen molar-refractivity contribution in [2.24, 2.45) is 0 Å². The van der Waals surface area contributed by atoms with Crippen LogP contribution in [0.4, 0.5) is 0 Å². The van der Waals surface area contributed by atoms with Gasteiger partial charge in [-0.3, -0.25) is 4.79 Å². The van der Waals surface area contributed by atoms with Gasteiger partial charge in [0.15, 0.2) is 5.78 Å². The molecule has 3 heteroatoms. The molecule has 0 saturated carbocycles. The Kier molecular flexibility index (Phi) is 3.17. The van der Waals surface area contributed by atoms with Crippen LogP contribution in [0.15, 0.2) is 47.2 Å². The van der Waals surface area contributed by atoms with Crippen LogP contribution in [0.3, 0.4) is 0 Å². The molecule has 2 rings (SSSR count). The Labute approximate surface area is 97.5 Å². The third kappa shape index (κ3) is 2.58. The van der Waals surface area contributed by atoms with Crippen LogP contribution < -0.4 is 0 Å². The highest BCUT2D eigenvalue weighted by Gasteiger charge is 2.00. The molecule has 2 aromatic rings. The van der Waals surface area contributed by atoms with Crippen molar-refractivity contribution in [3.05, 3.63) is 58.3 Å². The van der Waals surface area contributed by atoms with Crippen molar-refractivity contribution in [3.63, 3.8) is 0 Å². The fraction of sp³-hybridized carbons (Fsp3) is 0. The van der Waals surface area contributed by atoms with Gasteiger partial charge >= 0.3 is 0 Å². The molecule has 1 N–H and O–H groups in total. The van der Waals surface area contributed by atoms with Crippen molar-refractivity contribution >= 4 is 23.2 Å². The second-order valence-electron chi connectivity index (χ2n) is 3.30. The predicted octanol–water partition coefficient (Wildman–Crippen LogP) is 3.35. The first-order valence-corrected chi connectivity index (χ1v) is 5.73. The normalized spacial score (nSPS) is 10.8. The van der Waals surface area contributed by atoms with E-state index in [4.69, 9.17) is 0 Å². The number of rotatable bonds is 3. The van der Waals surface area contributed by atoms with E-state index in [9.17, 15) is 9.90 Å². The van der Waals surface area contributed by atoms with Gasteiger partial charge in [-0.2, -0.15) is 11.3 Å². The molecule has 1 aromatic carbocycles. The summed E-state index contributed by atoms with van der Waals surface area (Å²) in [7, 11) is 0. The number of benzene rings is 1. The molecular weight excluding hydrogens is 220 g/mol. The van der Waals surface area contributed by atoms with Gasteiger partial charge in [0.05, 0.1) is 0 Å². The van der Waals surface area contributed by atoms with Crippen LogP contribution in [0.2, 0.25) is 0 Å². The van der Waals surface area contributed by atoms with E-state index < -0.39 is 0 Å². The number of carbonyl (C=O) groups is 1. The van der Waals surface area contributed by atoms with Gasteiger partial charge < -0.3 is 5.11 Å². The zero-order valence-electron chi connectivity index (χ0n) is 8.46. The van der Waals surface area contributed by atoms with Crippen molar-refractivity contribution in [3.8, 4) is 5.75 Å². The van der Waals surface area contributed by atoms with Gasteiger partial charge in [0, 0.05) is 10.9 Å². The van der Waals surface area contributed by atoms with E-state index >= 15 is 0 Å². The quantitative estimate of drug-likeness (QED) is 0.648.